The maximum atomic E-state index is 11.7. The van der Waals surface area contributed by atoms with Gasteiger partial charge >= 0.3 is 5.97 Å². The summed E-state index contributed by atoms with van der Waals surface area (Å²) in [5.41, 5.74) is 7.89. The number of esters is 1. The van der Waals surface area contributed by atoms with Crippen LogP contribution in [-0.4, -0.2) is 27.3 Å². The molecule has 2 N–H and O–H groups in total. The van der Waals surface area contributed by atoms with Gasteiger partial charge in [-0.05, 0) is 19.1 Å². The largest absolute Gasteiger partial charge is 0.462 e. The lowest BCUT2D eigenvalue weighted by molar-refractivity contribution is 0.0526. The van der Waals surface area contributed by atoms with Crippen LogP contribution >= 0.6 is 0 Å². The molecule has 0 atom stereocenters. The van der Waals surface area contributed by atoms with E-state index in [2.05, 4.69) is 10.1 Å². The molecule has 0 amide bonds. The smallest absolute Gasteiger partial charge is 0.341 e. The molecule has 3 rings (SSSR count). The third kappa shape index (κ3) is 2.31. The molecule has 0 aliphatic rings. The number of hydrogen-bond acceptors (Lipinski definition) is 5. The summed E-state index contributed by atoms with van der Waals surface area (Å²) in [6, 6.07) is 5.62. The van der Waals surface area contributed by atoms with Crippen LogP contribution in [0.4, 0.5) is 5.69 Å². The minimum absolute atomic E-state index is 0.328. The average Bonchev–Trinajstić information content (AvgIpc) is 2.98. The van der Waals surface area contributed by atoms with Crippen molar-refractivity contribution in [1.29, 1.82) is 0 Å². The number of carbonyl (C=O) groups excluding carboxylic acids is 1. The number of aromatic nitrogens is 3. The Balaban J connectivity index is 2.05. The standard InChI is InChI=1S/C15H14N4O2/c1-2-21-15(20)11-8-18-19(9-11)13-4-3-10-7-17-6-5-12(10)14(13)16/h3-9H,2,16H2,1H3. The number of ether oxygens (including phenoxy) is 1. The summed E-state index contributed by atoms with van der Waals surface area (Å²) in [5, 5.41) is 6.03. The topological polar surface area (TPSA) is 83.0 Å². The van der Waals surface area contributed by atoms with E-state index in [4.69, 9.17) is 10.5 Å². The minimum atomic E-state index is -0.396. The summed E-state index contributed by atoms with van der Waals surface area (Å²) >= 11 is 0. The molecular formula is C15H14N4O2. The Morgan fingerprint density at radius 1 is 1.33 bits per heavy atom. The quantitative estimate of drug-likeness (QED) is 0.588. The summed E-state index contributed by atoms with van der Waals surface area (Å²) in [6.45, 7) is 2.09. The molecule has 6 nitrogen and oxygen atoms in total. The van der Waals surface area contributed by atoms with Crippen molar-refractivity contribution in [2.75, 3.05) is 12.3 Å². The molecule has 0 saturated heterocycles. The van der Waals surface area contributed by atoms with Gasteiger partial charge in [0.15, 0.2) is 0 Å². The van der Waals surface area contributed by atoms with Crippen LogP contribution in [0.25, 0.3) is 16.5 Å². The average molecular weight is 282 g/mol. The van der Waals surface area contributed by atoms with Gasteiger partial charge in [0.05, 0.1) is 29.7 Å². The summed E-state index contributed by atoms with van der Waals surface area (Å²) in [7, 11) is 0. The third-order valence-electron chi connectivity index (χ3n) is 3.18. The number of nitrogens with two attached hydrogens (primary N) is 1. The molecular weight excluding hydrogens is 268 g/mol. The van der Waals surface area contributed by atoms with Crippen LogP contribution in [0.2, 0.25) is 0 Å². The highest BCUT2D eigenvalue weighted by Crippen LogP contribution is 2.26. The van der Waals surface area contributed by atoms with E-state index >= 15 is 0 Å². The van der Waals surface area contributed by atoms with Gasteiger partial charge in [0, 0.05) is 29.4 Å². The summed E-state index contributed by atoms with van der Waals surface area (Å²) < 4.78 is 6.52. The molecule has 0 aliphatic heterocycles. The van der Waals surface area contributed by atoms with Crippen molar-refractivity contribution >= 4 is 22.4 Å². The van der Waals surface area contributed by atoms with Crippen molar-refractivity contribution in [3.8, 4) is 5.69 Å². The van der Waals surface area contributed by atoms with Gasteiger partial charge in [-0.1, -0.05) is 6.07 Å². The lowest BCUT2D eigenvalue weighted by Gasteiger charge is -2.08. The molecule has 106 valence electrons. The number of rotatable bonds is 3. The number of nitrogen functional groups attached to an aromatic ring is 1. The highest BCUT2D eigenvalue weighted by molar-refractivity contribution is 5.96. The van der Waals surface area contributed by atoms with Crippen LogP contribution < -0.4 is 5.73 Å². The summed E-state index contributed by atoms with van der Waals surface area (Å²) in [4.78, 5) is 15.7. The van der Waals surface area contributed by atoms with Gasteiger partial charge in [0.25, 0.3) is 0 Å². The molecule has 3 aromatic rings. The monoisotopic (exact) mass is 282 g/mol. The van der Waals surface area contributed by atoms with E-state index < -0.39 is 5.97 Å². The van der Waals surface area contributed by atoms with Crippen molar-refractivity contribution in [1.82, 2.24) is 14.8 Å². The summed E-state index contributed by atoms with van der Waals surface area (Å²) in [6.07, 6.45) is 6.52. The second-order valence-corrected chi connectivity index (χ2v) is 4.49. The molecule has 1 aromatic carbocycles. The minimum Gasteiger partial charge on any atom is -0.462 e. The third-order valence-corrected chi connectivity index (χ3v) is 3.18. The van der Waals surface area contributed by atoms with Crippen LogP contribution in [0.3, 0.4) is 0 Å². The molecule has 0 bridgehead atoms. The highest BCUT2D eigenvalue weighted by Gasteiger charge is 2.12. The lowest BCUT2D eigenvalue weighted by atomic mass is 10.1. The fourth-order valence-electron chi connectivity index (χ4n) is 2.16. The van der Waals surface area contributed by atoms with Crippen LogP contribution in [0.1, 0.15) is 17.3 Å². The number of nitrogens with zero attached hydrogens (tertiary/aromatic N) is 3. The van der Waals surface area contributed by atoms with E-state index in [1.54, 1.807) is 30.2 Å². The van der Waals surface area contributed by atoms with E-state index in [9.17, 15) is 4.79 Å². The highest BCUT2D eigenvalue weighted by atomic mass is 16.5. The van der Waals surface area contributed by atoms with Crippen molar-refractivity contribution in [2.24, 2.45) is 0 Å². The van der Waals surface area contributed by atoms with E-state index in [0.29, 0.717) is 23.5 Å². The molecule has 21 heavy (non-hydrogen) atoms. The van der Waals surface area contributed by atoms with Gasteiger partial charge in [-0.15, -0.1) is 0 Å². The molecule has 2 heterocycles. The van der Waals surface area contributed by atoms with Crippen molar-refractivity contribution < 1.29 is 9.53 Å². The summed E-state index contributed by atoms with van der Waals surface area (Å²) in [5.74, 6) is -0.396. The van der Waals surface area contributed by atoms with Gasteiger partial charge in [-0.3, -0.25) is 4.98 Å². The second-order valence-electron chi connectivity index (χ2n) is 4.49. The zero-order chi connectivity index (χ0) is 14.8. The predicted molar refractivity (Wildman–Crippen MR) is 79.2 cm³/mol. The SMILES string of the molecule is CCOC(=O)c1cnn(-c2ccc3cnccc3c2N)c1. The number of pyridine rings is 1. The van der Waals surface area contributed by atoms with E-state index in [1.165, 1.54) is 6.20 Å². The van der Waals surface area contributed by atoms with Crippen LogP contribution in [0.5, 0.6) is 0 Å². The normalized spacial score (nSPS) is 10.7. The number of benzene rings is 1. The Kier molecular flexibility index (Phi) is 3.27. The van der Waals surface area contributed by atoms with Gasteiger partial charge in [-0.2, -0.15) is 5.10 Å². The number of fused-ring (bicyclic) bond motifs is 1. The second kappa shape index (κ2) is 5.24. The molecule has 6 heteroatoms. The van der Waals surface area contributed by atoms with Crippen molar-refractivity contribution in [2.45, 2.75) is 6.92 Å². The lowest BCUT2D eigenvalue weighted by Crippen LogP contribution is -2.04. The molecule has 0 unspecified atom stereocenters. The van der Waals surface area contributed by atoms with Crippen LogP contribution in [-0.2, 0) is 4.74 Å². The Bertz CT molecular complexity index is 810. The number of hydrogen-bond donors (Lipinski definition) is 1. The van der Waals surface area contributed by atoms with Crippen molar-refractivity contribution in [3.63, 3.8) is 0 Å². The van der Waals surface area contributed by atoms with Crippen LogP contribution in [0.15, 0.2) is 43.0 Å². The predicted octanol–water partition coefficient (Wildman–Crippen LogP) is 2.18. The zero-order valence-corrected chi connectivity index (χ0v) is 11.5. The van der Waals surface area contributed by atoms with E-state index in [0.717, 1.165) is 10.8 Å². The Morgan fingerprint density at radius 2 is 2.19 bits per heavy atom. The van der Waals surface area contributed by atoms with Gasteiger partial charge in [0.1, 0.15) is 0 Å². The van der Waals surface area contributed by atoms with E-state index in [-0.39, 0.29) is 0 Å². The zero-order valence-electron chi connectivity index (χ0n) is 11.5. The first-order valence-corrected chi connectivity index (χ1v) is 6.55. The van der Waals surface area contributed by atoms with Crippen molar-refractivity contribution in [3.05, 3.63) is 48.5 Å². The van der Waals surface area contributed by atoms with Gasteiger partial charge in [0.2, 0.25) is 0 Å². The number of carbonyl (C=O) groups is 1. The van der Waals surface area contributed by atoms with E-state index in [1.807, 2.05) is 18.2 Å². The molecule has 0 aliphatic carbocycles. The van der Waals surface area contributed by atoms with Gasteiger partial charge < -0.3 is 10.5 Å². The maximum absolute atomic E-state index is 11.7. The molecule has 0 fully saturated rings. The first-order chi connectivity index (χ1) is 10.2. The Labute approximate surface area is 121 Å². The fourth-order valence-corrected chi connectivity index (χ4v) is 2.16. The molecule has 0 spiro atoms. The first-order valence-electron chi connectivity index (χ1n) is 6.55. The Hall–Kier alpha value is -2.89. The van der Waals surface area contributed by atoms with Gasteiger partial charge in [-0.25, -0.2) is 9.48 Å². The van der Waals surface area contributed by atoms with Crippen LogP contribution in [0, 0.1) is 0 Å². The number of anilines is 1. The maximum Gasteiger partial charge on any atom is 0.341 e. The first kappa shape index (κ1) is 13.1. The molecule has 0 saturated carbocycles. The Morgan fingerprint density at radius 3 is 3.00 bits per heavy atom. The molecule has 2 aromatic heterocycles. The fraction of sp³-hybridized carbons (Fsp3) is 0.133. The molecule has 0 radical (unpaired) electrons.